The van der Waals surface area contributed by atoms with Gasteiger partial charge in [-0.15, -0.1) is 0 Å². The van der Waals surface area contributed by atoms with Crippen molar-refractivity contribution in [3.63, 3.8) is 0 Å². The zero-order valence-corrected chi connectivity index (χ0v) is 11.9. The number of rotatable bonds is 3. The molecule has 3 nitrogen and oxygen atoms in total. The average Bonchev–Trinajstić information content (AvgIpc) is 2.27. The summed E-state index contributed by atoms with van der Waals surface area (Å²) in [6, 6.07) is 4.79. The van der Waals surface area contributed by atoms with Crippen molar-refractivity contribution in [2.75, 3.05) is 0 Å². The Kier molecular flexibility index (Phi) is 4.51. The van der Waals surface area contributed by atoms with Gasteiger partial charge >= 0.3 is 0 Å². The van der Waals surface area contributed by atoms with Crippen LogP contribution in [0.5, 0.6) is 5.75 Å². The first-order valence-corrected chi connectivity index (χ1v) is 6.32. The molecule has 0 atom stereocenters. The minimum Gasteiger partial charge on any atom is -0.484 e. The van der Waals surface area contributed by atoms with Gasteiger partial charge in [0.1, 0.15) is 6.61 Å². The first kappa shape index (κ1) is 13.7. The first-order valence-electron chi connectivity index (χ1n) is 4.81. The van der Waals surface area contributed by atoms with Crippen LogP contribution in [0.3, 0.4) is 0 Å². The van der Waals surface area contributed by atoms with Crippen LogP contribution in [-0.4, -0.2) is 9.97 Å². The van der Waals surface area contributed by atoms with Gasteiger partial charge in [-0.05, 0) is 29.8 Å². The summed E-state index contributed by atoms with van der Waals surface area (Å²) in [5.41, 5.74) is 0.622. The summed E-state index contributed by atoms with van der Waals surface area (Å²) in [4.78, 5) is 7.75. The third kappa shape index (κ3) is 3.39. The number of ether oxygens (including phenoxy) is 1. The standard InChI is InChI=1S/C11H6Cl4N2O/c12-6-3-8(13)10(9(14)4-6)18-5-7-1-2-16-11(15)17-7/h1-4H,5H2. The van der Waals surface area contributed by atoms with Crippen molar-refractivity contribution >= 4 is 46.4 Å². The van der Waals surface area contributed by atoms with E-state index in [0.717, 1.165) is 0 Å². The highest BCUT2D eigenvalue weighted by Gasteiger charge is 2.09. The van der Waals surface area contributed by atoms with Crippen LogP contribution in [0.4, 0.5) is 0 Å². The number of benzene rings is 1. The molecular formula is C11H6Cl4N2O. The second-order valence-electron chi connectivity index (χ2n) is 3.30. The van der Waals surface area contributed by atoms with Crippen LogP contribution < -0.4 is 4.74 Å². The van der Waals surface area contributed by atoms with E-state index in [9.17, 15) is 0 Å². The molecule has 18 heavy (non-hydrogen) atoms. The maximum absolute atomic E-state index is 5.98. The molecule has 0 N–H and O–H groups in total. The summed E-state index contributed by atoms with van der Waals surface area (Å²) in [5.74, 6) is 0.359. The van der Waals surface area contributed by atoms with Gasteiger partial charge in [0.25, 0.3) is 0 Å². The van der Waals surface area contributed by atoms with E-state index in [-0.39, 0.29) is 11.9 Å². The molecule has 1 heterocycles. The predicted octanol–water partition coefficient (Wildman–Crippen LogP) is 4.67. The van der Waals surface area contributed by atoms with Crippen LogP contribution in [0.2, 0.25) is 20.4 Å². The molecule has 2 aromatic rings. The fourth-order valence-corrected chi connectivity index (χ4v) is 2.35. The lowest BCUT2D eigenvalue weighted by atomic mass is 10.3. The molecule has 0 amide bonds. The predicted molar refractivity (Wildman–Crippen MR) is 72.8 cm³/mol. The summed E-state index contributed by atoms with van der Waals surface area (Å²) < 4.78 is 5.49. The van der Waals surface area contributed by atoms with Crippen molar-refractivity contribution in [2.24, 2.45) is 0 Å². The van der Waals surface area contributed by atoms with Gasteiger partial charge in [-0.1, -0.05) is 34.8 Å². The molecule has 2 rings (SSSR count). The Bertz CT molecular complexity index is 554. The lowest BCUT2D eigenvalue weighted by molar-refractivity contribution is 0.301. The molecule has 0 radical (unpaired) electrons. The molecular weight excluding hydrogens is 318 g/mol. The summed E-state index contributed by atoms with van der Waals surface area (Å²) >= 11 is 23.4. The van der Waals surface area contributed by atoms with E-state index in [0.29, 0.717) is 26.5 Å². The highest BCUT2D eigenvalue weighted by molar-refractivity contribution is 6.40. The lowest BCUT2D eigenvalue weighted by Crippen LogP contribution is -2.00. The maximum Gasteiger partial charge on any atom is 0.222 e. The minimum absolute atomic E-state index is 0.157. The van der Waals surface area contributed by atoms with Gasteiger partial charge in [-0.25, -0.2) is 9.97 Å². The molecule has 1 aromatic heterocycles. The van der Waals surface area contributed by atoms with E-state index >= 15 is 0 Å². The summed E-state index contributed by atoms with van der Waals surface area (Å²) in [5, 5.41) is 1.28. The van der Waals surface area contributed by atoms with Crippen molar-refractivity contribution < 1.29 is 4.74 Å². The van der Waals surface area contributed by atoms with Gasteiger partial charge < -0.3 is 4.74 Å². The Morgan fingerprint density at radius 2 is 1.72 bits per heavy atom. The topological polar surface area (TPSA) is 35.0 Å². The Balaban J connectivity index is 2.16. The normalized spacial score (nSPS) is 10.4. The molecule has 0 saturated carbocycles. The molecule has 0 aliphatic heterocycles. The van der Waals surface area contributed by atoms with E-state index in [1.54, 1.807) is 24.4 Å². The first-order chi connectivity index (χ1) is 8.56. The van der Waals surface area contributed by atoms with Crippen LogP contribution in [0.25, 0.3) is 0 Å². The molecule has 0 spiro atoms. The number of hydrogen-bond acceptors (Lipinski definition) is 3. The largest absolute Gasteiger partial charge is 0.484 e. The van der Waals surface area contributed by atoms with Crippen LogP contribution in [-0.2, 0) is 6.61 Å². The van der Waals surface area contributed by atoms with E-state index in [2.05, 4.69) is 9.97 Å². The highest BCUT2D eigenvalue weighted by atomic mass is 35.5. The molecule has 0 saturated heterocycles. The van der Waals surface area contributed by atoms with Crippen molar-refractivity contribution in [3.05, 3.63) is 50.4 Å². The summed E-state index contributed by atoms with van der Waals surface area (Å²) in [7, 11) is 0. The third-order valence-corrected chi connectivity index (χ3v) is 2.97. The Morgan fingerprint density at radius 1 is 1.06 bits per heavy atom. The molecule has 0 fully saturated rings. The van der Waals surface area contributed by atoms with E-state index in [1.165, 1.54) is 0 Å². The number of halogens is 4. The second kappa shape index (κ2) is 5.93. The monoisotopic (exact) mass is 322 g/mol. The molecule has 1 aromatic carbocycles. The molecule has 0 unspecified atom stereocenters. The van der Waals surface area contributed by atoms with Crippen LogP contribution in [0.15, 0.2) is 24.4 Å². The van der Waals surface area contributed by atoms with Crippen molar-refractivity contribution in [1.29, 1.82) is 0 Å². The smallest absolute Gasteiger partial charge is 0.222 e. The van der Waals surface area contributed by atoms with E-state index < -0.39 is 0 Å². The van der Waals surface area contributed by atoms with E-state index in [4.69, 9.17) is 51.1 Å². The third-order valence-electron chi connectivity index (χ3n) is 2.01. The summed E-state index contributed by atoms with van der Waals surface area (Å²) in [6.45, 7) is 0.184. The number of hydrogen-bond donors (Lipinski definition) is 0. The van der Waals surface area contributed by atoms with Crippen LogP contribution >= 0.6 is 46.4 Å². The van der Waals surface area contributed by atoms with Gasteiger partial charge in [0, 0.05) is 11.2 Å². The van der Waals surface area contributed by atoms with Gasteiger partial charge in [-0.3, -0.25) is 0 Å². The fourth-order valence-electron chi connectivity index (χ4n) is 1.26. The quantitative estimate of drug-likeness (QED) is 0.770. The number of aromatic nitrogens is 2. The molecule has 94 valence electrons. The van der Waals surface area contributed by atoms with Crippen LogP contribution in [0.1, 0.15) is 5.69 Å². The van der Waals surface area contributed by atoms with Gasteiger partial charge in [0.15, 0.2) is 5.75 Å². The highest BCUT2D eigenvalue weighted by Crippen LogP contribution is 2.36. The lowest BCUT2D eigenvalue weighted by Gasteiger charge is -2.09. The Labute approximate surface area is 124 Å². The summed E-state index contributed by atoms with van der Waals surface area (Å²) in [6.07, 6.45) is 1.54. The zero-order valence-electron chi connectivity index (χ0n) is 8.83. The molecule has 7 heteroatoms. The average molecular weight is 324 g/mol. The van der Waals surface area contributed by atoms with Gasteiger partial charge in [0.05, 0.1) is 15.7 Å². The Hall–Kier alpha value is -0.740. The fraction of sp³-hybridized carbons (Fsp3) is 0.0909. The zero-order chi connectivity index (χ0) is 13.1. The van der Waals surface area contributed by atoms with Gasteiger partial charge in [0.2, 0.25) is 5.28 Å². The maximum atomic E-state index is 5.98. The van der Waals surface area contributed by atoms with Crippen molar-refractivity contribution in [2.45, 2.75) is 6.61 Å². The van der Waals surface area contributed by atoms with Gasteiger partial charge in [-0.2, -0.15) is 0 Å². The SMILES string of the molecule is Clc1cc(Cl)c(OCc2ccnc(Cl)n2)c(Cl)c1. The van der Waals surface area contributed by atoms with Crippen molar-refractivity contribution in [1.82, 2.24) is 9.97 Å². The Morgan fingerprint density at radius 3 is 2.33 bits per heavy atom. The minimum atomic E-state index is 0.157. The molecule has 0 aliphatic carbocycles. The molecule has 0 aliphatic rings. The number of nitrogens with zero attached hydrogens (tertiary/aromatic N) is 2. The van der Waals surface area contributed by atoms with E-state index in [1.807, 2.05) is 0 Å². The molecule has 0 bridgehead atoms. The second-order valence-corrected chi connectivity index (χ2v) is 4.89. The van der Waals surface area contributed by atoms with Crippen LogP contribution in [0, 0.1) is 0 Å². The van der Waals surface area contributed by atoms with Crippen molar-refractivity contribution in [3.8, 4) is 5.75 Å².